The molecule has 1 fully saturated rings. The average molecular weight is 200 g/mol. The maximum atomic E-state index is 11.7. The van der Waals surface area contributed by atoms with E-state index in [-0.39, 0.29) is 5.92 Å². The van der Waals surface area contributed by atoms with Crippen LogP contribution in [0.1, 0.15) is 0 Å². The summed E-state index contributed by atoms with van der Waals surface area (Å²) in [6.07, 6.45) is 12.1. The molecular formula is C8H9O2PS. The van der Waals surface area contributed by atoms with Crippen LogP contribution in [0.15, 0.2) is 0 Å². The van der Waals surface area contributed by atoms with Gasteiger partial charge in [0.2, 0.25) is 0 Å². The van der Waals surface area contributed by atoms with Gasteiger partial charge in [-0.1, -0.05) is 23.2 Å². The zero-order valence-corrected chi connectivity index (χ0v) is 8.40. The Balaban J connectivity index is 2.82. The van der Waals surface area contributed by atoms with Gasteiger partial charge in [0, 0.05) is 0 Å². The highest BCUT2D eigenvalue weighted by atomic mass is 32.7. The number of rotatable bonds is 1. The van der Waals surface area contributed by atoms with E-state index in [1.807, 2.05) is 0 Å². The second-order valence-corrected chi connectivity index (χ2v) is 7.37. The molecule has 1 aliphatic heterocycles. The molecule has 0 aromatic carbocycles. The molecule has 3 atom stereocenters. The molecule has 1 aliphatic rings. The normalized spacial score (nSPS) is 40.2. The fourth-order valence-electron chi connectivity index (χ4n) is 1.03. The monoisotopic (exact) mass is 200 g/mol. The predicted molar refractivity (Wildman–Crippen MR) is 52.0 cm³/mol. The Hall–Kier alpha value is -0.340. The Morgan fingerprint density at radius 3 is 2.58 bits per heavy atom. The van der Waals surface area contributed by atoms with E-state index in [0.29, 0.717) is 6.16 Å². The summed E-state index contributed by atoms with van der Waals surface area (Å²) in [5.41, 5.74) is 0. The fourth-order valence-corrected chi connectivity index (χ4v) is 4.15. The second-order valence-electron chi connectivity index (χ2n) is 2.44. The summed E-state index contributed by atoms with van der Waals surface area (Å²) in [7, 11) is 0. The lowest BCUT2D eigenvalue weighted by molar-refractivity contribution is 0.275. The molecule has 1 saturated heterocycles. The first kappa shape index (κ1) is 9.75. The highest BCUT2D eigenvalue weighted by Crippen LogP contribution is 2.64. The van der Waals surface area contributed by atoms with Crippen LogP contribution in [-0.4, -0.2) is 18.5 Å². The summed E-state index contributed by atoms with van der Waals surface area (Å²) in [4.78, 5) is 0. The average Bonchev–Trinajstić information content (AvgIpc) is 2.43. The number of hydrogen-bond acceptors (Lipinski definition) is 3. The summed E-state index contributed by atoms with van der Waals surface area (Å²) in [5.74, 6) is 4.72. The van der Waals surface area contributed by atoms with Crippen LogP contribution in [0.4, 0.5) is 0 Å². The molecule has 0 aliphatic carbocycles. The minimum Gasteiger partial charge on any atom is -0.303 e. The van der Waals surface area contributed by atoms with Crippen molar-refractivity contribution in [3.63, 3.8) is 0 Å². The van der Waals surface area contributed by atoms with Gasteiger partial charge in [-0.05, 0) is 6.26 Å². The van der Waals surface area contributed by atoms with Crippen LogP contribution in [0.2, 0.25) is 0 Å². The standard InChI is InChI=1S/C8H9O2PS/c1-4-7-6-11(9,12-3)10-8(7)5-2/h1-2,7-8H,6H2,3H3. The molecule has 0 spiro atoms. The predicted octanol–water partition coefficient (Wildman–Crippen LogP) is 1.82. The zero-order chi connectivity index (χ0) is 9.19. The summed E-state index contributed by atoms with van der Waals surface area (Å²) < 4.78 is 16.9. The van der Waals surface area contributed by atoms with Crippen molar-refractivity contribution >= 4 is 18.0 Å². The highest BCUT2D eigenvalue weighted by molar-refractivity contribution is 8.56. The van der Waals surface area contributed by atoms with Gasteiger partial charge in [0.15, 0.2) is 0 Å². The maximum absolute atomic E-state index is 11.7. The molecule has 1 heterocycles. The lowest BCUT2D eigenvalue weighted by Gasteiger charge is -2.06. The van der Waals surface area contributed by atoms with E-state index in [1.54, 1.807) is 6.26 Å². The van der Waals surface area contributed by atoms with E-state index in [9.17, 15) is 4.57 Å². The summed E-state index contributed by atoms with van der Waals surface area (Å²) in [6.45, 7) is -2.56. The molecule has 0 aromatic rings. The Labute approximate surface area is 76.6 Å². The molecule has 0 saturated carbocycles. The van der Waals surface area contributed by atoms with Gasteiger partial charge in [0.1, 0.15) is 6.10 Å². The van der Waals surface area contributed by atoms with Crippen molar-refractivity contribution in [1.82, 2.24) is 0 Å². The number of terminal acetylenes is 2. The van der Waals surface area contributed by atoms with Crippen LogP contribution in [0.5, 0.6) is 0 Å². The second kappa shape index (κ2) is 3.58. The van der Waals surface area contributed by atoms with Crippen molar-refractivity contribution in [3.8, 4) is 24.7 Å². The van der Waals surface area contributed by atoms with Gasteiger partial charge < -0.3 is 4.52 Å². The van der Waals surface area contributed by atoms with Crippen LogP contribution in [-0.2, 0) is 9.09 Å². The van der Waals surface area contributed by atoms with E-state index in [4.69, 9.17) is 17.4 Å². The van der Waals surface area contributed by atoms with E-state index in [2.05, 4.69) is 11.8 Å². The summed E-state index contributed by atoms with van der Waals surface area (Å²) in [6, 6.07) is 0. The topological polar surface area (TPSA) is 26.3 Å². The zero-order valence-electron chi connectivity index (χ0n) is 6.69. The first-order valence-electron chi connectivity index (χ1n) is 3.40. The molecule has 12 heavy (non-hydrogen) atoms. The molecule has 0 amide bonds. The third kappa shape index (κ3) is 1.70. The van der Waals surface area contributed by atoms with Gasteiger partial charge in [-0.15, -0.1) is 12.8 Å². The first-order chi connectivity index (χ1) is 5.65. The van der Waals surface area contributed by atoms with Crippen LogP contribution in [0, 0.1) is 30.6 Å². The Morgan fingerprint density at radius 1 is 1.58 bits per heavy atom. The van der Waals surface area contributed by atoms with Gasteiger partial charge >= 0.3 is 0 Å². The van der Waals surface area contributed by atoms with Crippen molar-refractivity contribution < 1.29 is 9.09 Å². The lowest BCUT2D eigenvalue weighted by atomic mass is 10.1. The van der Waals surface area contributed by atoms with Gasteiger partial charge in [-0.3, -0.25) is 4.57 Å². The molecule has 4 heteroatoms. The molecule has 2 nitrogen and oxygen atoms in total. The van der Waals surface area contributed by atoms with Gasteiger partial charge in [0.05, 0.1) is 12.1 Å². The summed E-state index contributed by atoms with van der Waals surface area (Å²) in [5, 5.41) is 0. The smallest absolute Gasteiger partial charge is 0.260 e. The van der Waals surface area contributed by atoms with E-state index in [1.165, 1.54) is 11.4 Å². The molecule has 0 N–H and O–H groups in total. The molecule has 1 rings (SSSR count). The molecule has 0 bridgehead atoms. The Kier molecular flexibility index (Phi) is 2.91. The van der Waals surface area contributed by atoms with Crippen molar-refractivity contribution in [1.29, 1.82) is 0 Å². The summed E-state index contributed by atoms with van der Waals surface area (Å²) >= 11 is 1.22. The fraction of sp³-hybridized carbons (Fsp3) is 0.500. The lowest BCUT2D eigenvalue weighted by Crippen LogP contribution is -2.12. The van der Waals surface area contributed by atoms with E-state index in [0.717, 1.165) is 0 Å². The molecular weight excluding hydrogens is 191 g/mol. The van der Waals surface area contributed by atoms with Crippen LogP contribution in [0.3, 0.4) is 0 Å². The maximum Gasteiger partial charge on any atom is 0.260 e. The van der Waals surface area contributed by atoms with Crippen LogP contribution >= 0.6 is 18.0 Å². The SMILES string of the molecule is C#CC1CP(=O)(SC)OC1C#C. The minimum absolute atomic E-state index is 0.187. The van der Waals surface area contributed by atoms with E-state index < -0.39 is 12.7 Å². The van der Waals surface area contributed by atoms with Gasteiger partial charge in [-0.25, -0.2) is 0 Å². The van der Waals surface area contributed by atoms with Crippen molar-refractivity contribution in [3.05, 3.63) is 0 Å². The molecule has 0 aromatic heterocycles. The largest absolute Gasteiger partial charge is 0.303 e. The Morgan fingerprint density at radius 2 is 2.25 bits per heavy atom. The first-order valence-corrected chi connectivity index (χ1v) is 7.04. The van der Waals surface area contributed by atoms with Crippen LogP contribution < -0.4 is 0 Å². The van der Waals surface area contributed by atoms with Crippen molar-refractivity contribution in [2.45, 2.75) is 6.10 Å². The minimum atomic E-state index is -2.56. The third-order valence-corrected chi connectivity index (χ3v) is 6.04. The van der Waals surface area contributed by atoms with Crippen molar-refractivity contribution in [2.24, 2.45) is 5.92 Å². The quantitative estimate of drug-likeness (QED) is 0.477. The highest BCUT2D eigenvalue weighted by Gasteiger charge is 2.40. The molecule has 0 radical (unpaired) electrons. The molecule has 64 valence electrons. The van der Waals surface area contributed by atoms with Gasteiger partial charge in [-0.2, -0.15) is 0 Å². The van der Waals surface area contributed by atoms with Crippen LogP contribution in [0.25, 0.3) is 0 Å². The molecule has 3 unspecified atom stereocenters. The Bertz CT molecular complexity index is 273. The third-order valence-electron chi connectivity index (χ3n) is 1.72. The van der Waals surface area contributed by atoms with E-state index >= 15 is 0 Å². The van der Waals surface area contributed by atoms with Gasteiger partial charge in [0.25, 0.3) is 6.57 Å². The number of hydrogen-bond donors (Lipinski definition) is 0. The van der Waals surface area contributed by atoms with Crippen molar-refractivity contribution in [2.75, 3.05) is 12.4 Å².